The van der Waals surface area contributed by atoms with E-state index in [-0.39, 0.29) is 6.03 Å². The highest BCUT2D eigenvalue weighted by Crippen LogP contribution is 2.20. The van der Waals surface area contributed by atoms with Crippen LogP contribution in [0.3, 0.4) is 0 Å². The zero-order chi connectivity index (χ0) is 12.1. The molecule has 0 saturated carbocycles. The van der Waals surface area contributed by atoms with E-state index in [0.29, 0.717) is 6.04 Å². The fourth-order valence-corrected chi connectivity index (χ4v) is 2.82. The summed E-state index contributed by atoms with van der Waals surface area (Å²) in [5.74, 6) is 0. The van der Waals surface area contributed by atoms with Crippen molar-refractivity contribution in [1.82, 2.24) is 15.1 Å². The summed E-state index contributed by atoms with van der Waals surface area (Å²) in [7, 11) is 0. The third-order valence-electron chi connectivity index (χ3n) is 3.93. The lowest BCUT2D eigenvalue weighted by atomic mass is 10.00. The number of carbonyl (C=O) groups excluding carboxylic acids is 1. The molecule has 2 aliphatic heterocycles. The van der Waals surface area contributed by atoms with Crippen LogP contribution in [0.25, 0.3) is 0 Å². The number of rotatable bonds is 3. The van der Waals surface area contributed by atoms with E-state index in [1.807, 2.05) is 4.90 Å². The van der Waals surface area contributed by atoms with Crippen LogP contribution >= 0.6 is 0 Å². The Balaban J connectivity index is 1.76. The topological polar surface area (TPSA) is 35.6 Å². The molecule has 17 heavy (non-hydrogen) atoms. The average Bonchev–Trinajstić information content (AvgIpc) is 2.38. The minimum atomic E-state index is 0.142. The lowest BCUT2D eigenvalue weighted by Gasteiger charge is -2.43. The first-order chi connectivity index (χ1) is 8.31. The van der Waals surface area contributed by atoms with Crippen molar-refractivity contribution in [1.29, 1.82) is 0 Å². The highest BCUT2D eigenvalue weighted by Gasteiger charge is 2.30. The predicted octanol–water partition coefficient (Wildman–Crippen LogP) is 1.67. The molecule has 0 aliphatic carbocycles. The molecule has 0 aromatic heterocycles. The third kappa shape index (κ3) is 3.35. The molecule has 2 heterocycles. The van der Waals surface area contributed by atoms with Gasteiger partial charge in [0.05, 0.1) is 0 Å². The van der Waals surface area contributed by atoms with Crippen LogP contribution in [0.1, 0.15) is 39.0 Å². The number of hydrogen-bond donors (Lipinski definition) is 1. The van der Waals surface area contributed by atoms with Crippen molar-refractivity contribution in [2.24, 2.45) is 0 Å². The molecule has 1 unspecified atom stereocenters. The molecule has 4 nitrogen and oxygen atoms in total. The van der Waals surface area contributed by atoms with Crippen molar-refractivity contribution in [2.45, 2.75) is 45.1 Å². The Hall–Kier alpha value is -0.770. The number of amides is 2. The smallest absolute Gasteiger partial charge is 0.317 e. The van der Waals surface area contributed by atoms with Gasteiger partial charge < -0.3 is 10.2 Å². The summed E-state index contributed by atoms with van der Waals surface area (Å²) in [6.45, 7) is 7.08. The van der Waals surface area contributed by atoms with Crippen LogP contribution in [0.15, 0.2) is 0 Å². The van der Waals surface area contributed by atoms with Crippen LogP contribution in [0.5, 0.6) is 0 Å². The quantitative estimate of drug-likeness (QED) is 0.760. The van der Waals surface area contributed by atoms with E-state index in [2.05, 4.69) is 17.1 Å². The second kappa shape index (κ2) is 6.24. The van der Waals surface area contributed by atoms with Crippen molar-refractivity contribution in [3.05, 3.63) is 0 Å². The molecule has 2 amide bonds. The lowest BCUT2D eigenvalue weighted by Crippen LogP contribution is -2.58. The summed E-state index contributed by atoms with van der Waals surface area (Å²) in [5.41, 5.74) is 0. The maximum atomic E-state index is 11.9. The van der Waals surface area contributed by atoms with Gasteiger partial charge in [-0.05, 0) is 25.8 Å². The van der Waals surface area contributed by atoms with Gasteiger partial charge in [-0.25, -0.2) is 4.79 Å². The molecule has 2 rings (SSSR count). The summed E-state index contributed by atoms with van der Waals surface area (Å²) in [5, 5.41) is 3.02. The number of hydrogen-bond acceptors (Lipinski definition) is 2. The Morgan fingerprint density at radius 1 is 1.29 bits per heavy atom. The average molecular weight is 239 g/mol. The number of nitrogens with one attached hydrogen (secondary N) is 1. The summed E-state index contributed by atoms with van der Waals surface area (Å²) < 4.78 is 0. The highest BCUT2D eigenvalue weighted by atomic mass is 16.2. The molecule has 0 radical (unpaired) electrons. The van der Waals surface area contributed by atoms with Crippen LogP contribution < -0.4 is 5.32 Å². The largest absolute Gasteiger partial charge is 0.338 e. The number of piperidine rings is 1. The van der Waals surface area contributed by atoms with Crippen LogP contribution in [0.2, 0.25) is 0 Å². The van der Waals surface area contributed by atoms with Gasteiger partial charge in [-0.1, -0.05) is 19.8 Å². The first-order valence-electron chi connectivity index (χ1n) is 7.08. The lowest BCUT2D eigenvalue weighted by molar-refractivity contribution is 0.0644. The molecule has 2 fully saturated rings. The summed E-state index contributed by atoms with van der Waals surface area (Å²) in [6.07, 6.45) is 6.14. The van der Waals surface area contributed by atoms with Gasteiger partial charge in [0.2, 0.25) is 0 Å². The van der Waals surface area contributed by atoms with Gasteiger partial charge in [0.15, 0.2) is 0 Å². The van der Waals surface area contributed by atoms with Crippen LogP contribution in [-0.4, -0.2) is 54.6 Å². The van der Waals surface area contributed by atoms with E-state index in [9.17, 15) is 4.79 Å². The van der Waals surface area contributed by atoms with Gasteiger partial charge in [0, 0.05) is 32.2 Å². The van der Waals surface area contributed by atoms with Crippen molar-refractivity contribution >= 4 is 6.03 Å². The van der Waals surface area contributed by atoms with Crippen molar-refractivity contribution in [2.75, 3.05) is 32.7 Å². The number of carbonyl (C=O) groups is 1. The molecule has 0 aromatic carbocycles. The van der Waals surface area contributed by atoms with E-state index in [1.54, 1.807) is 0 Å². The summed E-state index contributed by atoms with van der Waals surface area (Å²) >= 11 is 0. The highest BCUT2D eigenvalue weighted by molar-refractivity contribution is 5.74. The molecule has 0 bridgehead atoms. The summed E-state index contributed by atoms with van der Waals surface area (Å²) in [4.78, 5) is 16.5. The normalized spacial score (nSPS) is 25.5. The minimum Gasteiger partial charge on any atom is -0.338 e. The van der Waals surface area contributed by atoms with Crippen LogP contribution in [-0.2, 0) is 0 Å². The number of fused-ring (bicyclic) bond motifs is 1. The molecular formula is C13H25N3O. The minimum absolute atomic E-state index is 0.142. The van der Waals surface area contributed by atoms with Crippen molar-refractivity contribution in [3.63, 3.8) is 0 Å². The summed E-state index contributed by atoms with van der Waals surface area (Å²) in [6, 6.07) is 0.762. The van der Waals surface area contributed by atoms with E-state index < -0.39 is 0 Å². The Bertz CT molecular complexity index is 257. The maximum Gasteiger partial charge on any atom is 0.317 e. The molecule has 0 aromatic rings. The molecule has 4 heteroatoms. The second-order valence-electron chi connectivity index (χ2n) is 5.22. The second-order valence-corrected chi connectivity index (χ2v) is 5.22. The van der Waals surface area contributed by atoms with E-state index in [4.69, 9.17) is 0 Å². The molecule has 0 spiro atoms. The van der Waals surface area contributed by atoms with Crippen LogP contribution in [0.4, 0.5) is 4.79 Å². The molecule has 98 valence electrons. The van der Waals surface area contributed by atoms with Crippen molar-refractivity contribution in [3.8, 4) is 0 Å². The Kier molecular flexibility index (Phi) is 4.66. The molecule has 1 atom stereocenters. The maximum absolute atomic E-state index is 11.9. The fourth-order valence-electron chi connectivity index (χ4n) is 2.82. The predicted molar refractivity (Wildman–Crippen MR) is 69.1 cm³/mol. The zero-order valence-corrected chi connectivity index (χ0v) is 11.0. The van der Waals surface area contributed by atoms with Gasteiger partial charge in [0.1, 0.15) is 0 Å². The van der Waals surface area contributed by atoms with Gasteiger partial charge in [0.25, 0.3) is 0 Å². The molecule has 2 aliphatic rings. The zero-order valence-electron chi connectivity index (χ0n) is 11.0. The number of unbranched alkanes of at least 4 members (excludes halogenated alkanes) is 1. The first-order valence-corrected chi connectivity index (χ1v) is 7.08. The monoisotopic (exact) mass is 239 g/mol. The van der Waals surface area contributed by atoms with Crippen LogP contribution in [0, 0.1) is 0 Å². The van der Waals surface area contributed by atoms with Gasteiger partial charge in [-0.15, -0.1) is 0 Å². The fraction of sp³-hybridized carbons (Fsp3) is 0.923. The Morgan fingerprint density at radius 3 is 3.00 bits per heavy atom. The van der Waals surface area contributed by atoms with Gasteiger partial charge in [-0.2, -0.15) is 0 Å². The van der Waals surface area contributed by atoms with E-state index >= 15 is 0 Å². The SMILES string of the molecule is CCCCNC(=O)N1CCN2CCCCC2C1. The Labute approximate surface area is 104 Å². The first kappa shape index (κ1) is 12.7. The van der Waals surface area contributed by atoms with Gasteiger partial charge >= 0.3 is 6.03 Å². The number of piperazine rings is 1. The number of nitrogens with zero attached hydrogens (tertiary/aromatic N) is 2. The molecular weight excluding hydrogens is 214 g/mol. The van der Waals surface area contributed by atoms with E-state index in [0.717, 1.165) is 39.0 Å². The standard InChI is InChI=1S/C13H25N3O/c1-2-3-7-14-13(17)16-10-9-15-8-5-4-6-12(15)11-16/h12H,2-11H2,1H3,(H,14,17). The van der Waals surface area contributed by atoms with E-state index in [1.165, 1.54) is 25.8 Å². The van der Waals surface area contributed by atoms with Gasteiger partial charge in [-0.3, -0.25) is 4.90 Å². The third-order valence-corrected chi connectivity index (χ3v) is 3.93. The molecule has 1 N–H and O–H groups in total. The van der Waals surface area contributed by atoms with Crippen molar-refractivity contribution < 1.29 is 4.79 Å². The number of urea groups is 1. The Morgan fingerprint density at radius 2 is 2.18 bits per heavy atom. The molecule has 2 saturated heterocycles.